The zero-order chi connectivity index (χ0) is 38.7. The van der Waals surface area contributed by atoms with Gasteiger partial charge in [0.25, 0.3) is 0 Å². The van der Waals surface area contributed by atoms with Crippen molar-refractivity contribution in [1.82, 2.24) is 9.21 Å². The van der Waals surface area contributed by atoms with Crippen molar-refractivity contribution in [3.8, 4) is 0 Å². The third-order valence-electron chi connectivity index (χ3n) is 10.4. The molecule has 1 aliphatic carbocycles. The molecular weight excluding hydrogens is 735 g/mol. The molecule has 0 aromatic heterocycles. The van der Waals surface area contributed by atoms with E-state index in [-0.39, 0.29) is 48.0 Å². The molecule has 2 aliphatic heterocycles. The van der Waals surface area contributed by atoms with Crippen molar-refractivity contribution in [2.24, 2.45) is 11.0 Å². The maximum Gasteiger partial charge on any atom is 0.410 e. The number of benzene rings is 3. The van der Waals surface area contributed by atoms with Crippen LogP contribution >= 0.6 is 11.6 Å². The summed E-state index contributed by atoms with van der Waals surface area (Å²) in [5.41, 5.74) is 9.17. The van der Waals surface area contributed by atoms with Gasteiger partial charge in [0.15, 0.2) is 0 Å². The zero-order valence-corrected chi connectivity index (χ0v) is 32.2. The van der Waals surface area contributed by atoms with Gasteiger partial charge in [0.2, 0.25) is 15.9 Å². The molecule has 3 fully saturated rings. The van der Waals surface area contributed by atoms with Crippen LogP contribution in [0.1, 0.15) is 69.9 Å². The Bertz CT molecular complexity index is 1980. The van der Waals surface area contributed by atoms with Gasteiger partial charge in [-0.15, -0.1) is 0 Å². The highest BCUT2D eigenvalue weighted by Crippen LogP contribution is 2.50. The van der Waals surface area contributed by atoms with Crippen molar-refractivity contribution in [1.29, 1.82) is 0 Å². The second kappa shape index (κ2) is 16.3. The zero-order valence-electron chi connectivity index (χ0n) is 30.7. The maximum atomic E-state index is 15.8. The van der Waals surface area contributed by atoms with Crippen molar-refractivity contribution in [2.75, 3.05) is 31.6 Å². The van der Waals surface area contributed by atoms with E-state index >= 15 is 4.39 Å². The molecular formula is C39H46ClFN6O6S. The summed E-state index contributed by atoms with van der Waals surface area (Å²) in [5.74, 6) is -1.75. The Hall–Kier alpha value is -4.20. The number of carbonyl (C=O) groups excluding carboxylic acids is 2. The molecule has 1 spiro atoms. The van der Waals surface area contributed by atoms with Gasteiger partial charge in [-0.3, -0.25) is 4.79 Å². The molecule has 15 heteroatoms. The minimum absolute atomic E-state index is 0.0266. The molecule has 54 heavy (non-hydrogen) atoms. The number of carbonyl (C=O) groups is 2. The van der Waals surface area contributed by atoms with Gasteiger partial charge < -0.3 is 19.7 Å². The number of azide groups is 1. The Morgan fingerprint density at radius 2 is 1.76 bits per heavy atom. The number of rotatable bonds is 11. The van der Waals surface area contributed by atoms with Crippen molar-refractivity contribution >= 4 is 39.3 Å². The lowest BCUT2D eigenvalue weighted by Crippen LogP contribution is -2.63. The highest BCUT2D eigenvalue weighted by molar-refractivity contribution is 7.89. The van der Waals surface area contributed by atoms with E-state index in [1.165, 1.54) is 16.4 Å². The molecule has 0 bridgehead atoms. The lowest BCUT2D eigenvalue weighted by atomic mass is 9.76. The van der Waals surface area contributed by atoms with E-state index in [1.807, 2.05) is 12.1 Å². The first kappa shape index (κ1) is 39.5. The van der Waals surface area contributed by atoms with Crippen molar-refractivity contribution in [2.45, 2.75) is 93.3 Å². The summed E-state index contributed by atoms with van der Waals surface area (Å²) in [6.07, 6.45) is 2.02. The Balaban J connectivity index is 1.30. The fraction of sp³-hybridized carbons (Fsp3) is 0.487. The van der Waals surface area contributed by atoms with Gasteiger partial charge in [0, 0.05) is 59.4 Å². The summed E-state index contributed by atoms with van der Waals surface area (Å²) in [6, 6.07) is 17.6. The number of anilines is 1. The normalized spacial score (nSPS) is 20.1. The second-order valence-electron chi connectivity index (χ2n) is 15.3. The van der Waals surface area contributed by atoms with Crippen LogP contribution in [0.4, 0.5) is 14.9 Å². The predicted molar refractivity (Wildman–Crippen MR) is 203 cm³/mol. The van der Waals surface area contributed by atoms with Gasteiger partial charge >= 0.3 is 6.09 Å². The third kappa shape index (κ3) is 8.84. The summed E-state index contributed by atoms with van der Waals surface area (Å²) < 4.78 is 57.3. The summed E-state index contributed by atoms with van der Waals surface area (Å²) in [4.78, 5) is 32.3. The number of nitrogens with one attached hydrogen (secondary N) is 1. The summed E-state index contributed by atoms with van der Waals surface area (Å²) >= 11 is 6.18. The van der Waals surface area contributed by atoms with Crippen LogP contribution in [-0.2, 0) is 30.7 Å². The molecule has 2 heterocycles. The van der Waals surface area contributed by atoms with Crippen LogP contribution in [0.3, 0.4) is 0 Å². The van der Waals surface area contributed by atoms with E-state index in [9.17, 15) is 23.5 Å². The van der Waals surface area contributed by atoms with Crippen LogP contribution in [0.15, 0.2) is 82.8 Å². The number of hydrogen-bond donors (Lipinski definition) is 1. The number of amides is 2. The SMILES string of the molecule is CC(C)(C)OC(=O)N1C[C@H](CCc2c(F)cccc2NC(=O)C(N=[N+]=[N-])[C@@H](c2ccc(Cl)cc2)C2CCOCC2)N(S(=O)(=O)c2ccccc2)C2(CC2)C1. The standard InChI is InChI=1S/C39H46ClFN6O6S/c1-38(2,3)53-37(49)46-24-29(47(39(25-46)20-21-39)54(50,51)30-8-5-4-6-9-30)16-17-31-32(41)10-7-11-33(31)43-36(48)35(44-45-42)34(27-18-22-52-23-19-27)26-12-14-28(40)15-13-26/h4-15,27,29,34-35H,16-25H2,1-3H3,(H,43,48)/t29-,34-,35?/m0/s1. The first-order valence-corrected chi connectivity index (χ1v) is 20.1. The van der Waals surface area contributed by atoms with Crippen molar-refractivity contribution in [3.63, 3.8) is 0 Å². The summed E-state index contributed by atoms with van der Waals surface area (Å²) in [5, 5.41) is 7.36. The van der Waals surface area contributed by atoms with Crippen LogP contribution in [0.2, 0.25) is 5.02 Å². The van der Waals surface area contributed by atoms with Crippen LogP contribution in [-0.4, -0.2) is 79.2 Å². The Kier molecular flexibility index (Phi) is 11.9. The number of ether oxygens (including phenoxy) is 2. The number of piperazine rings is 1. The molecule has 1 unspecified atom stereocenters. The minimum atomic E-state index is -4.02. The van der Waals surface area contributed by atoms with E-state index in [0.717, 1.165) is 5.56 Å². The van der Waals surface area contributed by atoms with Gasteiger partial charge in [0.05, 0.1) is 10.4 Å². The van der Waals surface area contributed by atoms with Crippen LogP contribution in [0.5, 0.6) is 0 Å². The smallest absolute Gasteiger partial charge is 0.410 e. The Morgan fingerprint density at radius 1 is 1.07 bits per heavy atom. The quantitative estimate of drug-likeness (QED) is 0.118. The molecule has 6 rings (SSSR count). The molecule has 3 aliphatic rings. The minimum Gasteiger partial charge on any atom is -0.444 e. The Labute approximate surface area is 320 Å². The topological polar surface area (TPSA) is 154 Å². The molecule has 2 amide bonds. The van der Waals surface area contributed by atoms with E-state index in [4.69, 9.17) is 21.1 Å². The predicted octanol–water partition coefficient (Wildman–Crippen LogP) is 8.08. The second-order valence-corrected chi connectivity index (χ2v) is 17.6. The van der Waals surface area contributed by atoms with Gasteiger partial charge in [-0.1, -0.05) is 53.1 Å². The van der Waals surface area contributed by atoms with Crippen molar-refractivity contribution in [3.05, 3.63) is 105 Å². The molecule has 288 valence electrons. The first-order chi connectivity index (χ1) is 25.7. The molecule has 3 aromatic carbocycles. The summed E-state index contributed by atoms with van der Waals surface area (Å²) in [7, 11) is -4.02. The van der Waals surface area contributed by atoms with Crippen molar-refractivity contribution < 1.29 is 31.9 Å². The fourth-order valence-electron chi connectivity index (χ4n) is 7.82. The average Bonchev–Trinajstić information content (AvgIpc) is 3.90. The Morgan fingerprint density at radius 3 is 2.39 bits per heavy atom. The monoisotopic (exact) mass is 780 g/mol. The van der Waals surface area contributed by atoms with Crippen LogP contribution in [0, 0.1) is 11.7 Å². The third-order valence-corrected chi connectivity index (χ3v) is 12.7. The van der Waals surface area contributed by atoms with E-state index < -0.39 is 57.0 Å². The molecule has 1 N–H and O–H groups in total. The highest BCUT2D eigenvalue weighted by atomic mass is 35.5. The first-order valence-electron chi connectivity index (χ1n) is 18.3. The van der Waals surface area contributed by atoms with E-state index in [1.54, 1.807) is 74.2 Å². The van der Waals surface area contributed by atoms with Gasteiger partial charge in [-0.05, 0) is 113 Å². The van der Waals surface area contributed by atoms with Gasteiger partial charge in [0.1, 0.15) is 17.5 Å². The van der Waals surface area contributed by atoms with Crippen LogP contribution < -0.4 is 5.32 Å². The van der Waals surface area contributed by atoms with E-state index in [0.29, 0.717) is 43.9 Å². The van der Waals surface area contributed by atoms with Gasteiger partial charge in [-0.25, -0.2) is 17.6 Å². The van der Waals surface area contributed by atoms with E-state index in [2.05, 4.69) is 15.3 Å². The average molecular weight is 781 g/mol. The van der Waals surface area contributed by atoms with Gasteiger partial charge in [-0.2, -0.15) is 4.31 Å². The highest BCUT2D eigenvalue weighted by Gasteiger charge is 2.60. The number of hydrogen-bond acceptors (Lipinski definition) is 7. The number of nitrogens with zero attached hydrogens (tertiary/aromatic N) is 5. The lowest BCUT2D eigenvalue weighted by Gasteiger charge is -2.46. The number of sulfonamides is 1. The summed E-state index contributed by atoms with van der Waals surface area (Å²) in [6.45, 7) is 6.52. The number of halogens is 2. The molecule has 2 saturated heterocycles. The lowest BCUT2D eigenvalue weighted by molar-refractivity contribution is -0.118. The molecule has 0 radical (unpaired) electrons. The molecule has 3 atom stereocenters. The molecule has 12 nitrogen and oxygen atoms in total. The maximum absolute atomic E-state index is 15.8. The fourth-order valence-corrected chi connectivity index (χ4v) is 9.99. The molecule has 1 saturated carbocycles. The largest absolute Gasteiger partial charge is 0.444 e. The molecule has 3 aromatic rings. The van der Waals surface area contributed by atoms with Crippen LogP contribution in [0.25, 0.3) is 10.4 Å².